The third kappa shape index (κ3) is 2.42. The average Bonchev–Trinajstić information content (AvgIpc) is 2.99. The van der Waals surface area contributed by atoms with E-state index in [1.54, 1.807) is 6.92 Å². The van der Waals surface area contributed by atoms with E-state index in [9.17, 15) is 9.59 Å². The Morgan fingerprint density at radius 1 is 1.43 bits per heavy atom. The van der Waals surface area contributed by atoms with Crippen molar-refractivity contribution in [2.45, 2.75) is 13.5 Å². The molecule has 21 heavy (non-hydrogen) atoms. The molecule has 5 nitrogen and oxygen atoms in total. The lowest BCUT2D eigenvalue weighted by molar-refractivity contribution is -0.156. The molecule has 2 saturated heterocycles. The summed E-state index contributed by atoms with van der Waals surface area (Å²) in [6.07, 6.45) is 0. The molecule has 0 unspecified atom stereocenters. The summed E-state index contributed by atoms with van der Waals surface area (Å²) in [6, 6.07) is 10.1. The molecule has 0 radical (unpaired) electrons. The molecule has 112 valence electrons. The first-order valence-electron chi connectivity index (χ1n) is 7.37. The van der Waals surface area contributed by atoms with Gasteiger partial charge in [0.15, 0.2) is 0 Å². The van der Waals surface area contributed by atoms with Crippen molar-refractivity contribution in [3.63, 3.8) is 0 Å². The molecular weight excluding hydrogens is 268 g/mol. The van der Waals surface area contributed by atoms with Gasteiger partial charge in [-0.25, -0.2) is 0 Å². The number of fused-ring (bicyclic) bond motifs is 1. The number of likely N-dealkylation sites (tertiary alicyclic amines) is 1. The SMILES string of the molecule is CCOC(=O)[C@@]12CNC(=O)[C@@H]1CN(Cc1ccccc1)C2. The summed E-state index contributed by atoms with van der Waals surface area (Å²) in [5, 5.41) is 2.82. The Morgan fingerprint density at radius 2 is 2.19 bits per heavy atom. The quantitative estimate of drug-likeness (QED) is 0.833. The summed E-state index contributed by atoms with van der Waals surface area (Å²) in [5.41, 5.74) is 0.485. The first-order valence-corrected chi connectivity index (χ1v) is 7.37. The van der Waals surface area contributed by atoms with Crippen molar-refractivity contribution in [3.8, 4) is 0 Å². The highest BCUT2D eigenvalue weighted by Crippen LogP contribution is 2.41. The zero-order chi connectivity index (χ0) is 14.9. The van der Waals surface area contributed by atoms with Crippen LogP contribution in [0.5, 0.6) is 0 Å². The Labute approximate surface area is 124 Å². The molecule has 1 aromatic rings. The third-order valence-corrected chi connectivity index (χ3v) is 4.44. The number of nitrogens with zero attached hydrogens (tertiary/aromatic N) is 1. The topological polar surface area (TPSA) is 58.6 Å². The second-order valence-corrected chi connectivity index (χ2v) is 5.80. The van der Waals surface area contributed by atoms with E-state index in [-0.39, 0.29) is 17.8 Å². The molecule has 1 amide bonds. The molecule has 0 saturated carbocycles. The first-order chi connectivity index (χ1) is 10.2. The van der Waals surface area contributed by atoms with Crippen LogP contribution in [0.15, 0.2) is 30.3 Å². The summed E-state index contributed by atoms with van der Waals surface area (Å²) >= 11 is 0. The minimum absolute atomic E-state index is 0.0291. The Kier molecular flexibility index (Phi) is 3.68. The number of carbonyl (C=O) groups excluding carboxylic acids is 2. The summed E-state index contributed by atoms with van der Waals surface area (Å²) in [5.74, 6) is -0.567. The van der Waals surface area contributed by atoms with Gasteiger partial charge in [-0.3, -0.25) is 14.5 Å². The molecule has 2 aliphatic rings. The van der Waals surface area contributed by atoms with E-state index in [0.717, 1.165) is 6.54 Å². The molecule has 1 N–H and O–H groups in total. The number of benzene rings is 1. The molecular formula is C16H20N2O3. The van der Waals surface area contributed by atoms with Crippen LogP contribution in [0.3, 0.4) is 0 Å². The van der Waals surface area contributed by atoms with Gasteiger partial charge in [0.25, 0.3) is 0 Å². The van der Waals surface area contributed by atoms with Gasteiger partial charge < -0.3 is 10.1 Å². The van der Waals surface area contributed by atoms with Crippen molar-refractivity contribution in [2.24, 2.45) is 11.3 Å². The number of ether oxygens (including phenoxy) is 1. The van der Waals surface area contributed by atoms with Crippen molar-refractivity contribution < 1.29 is 14.3 Å². The maximum atomic E-state index is 12.4. The van der Waals surface area contributed by atoms with E-state index in [1.807, 2.05) is 18.2 Å². The van der Waals surface area contributed by atoms with E-state index in [4.69, 9.17) is 4.74 Å². The van der Waals surface area contributed by atoms with Gasteiger partial charge in [-0.2, -0.15) is 0 Å². The Morgan fingerprint density at radius 3 is 2.90 bits per heavy atom. The highest BCUT2D eigenvalue weighted by atomic mass is 16.5. The summed E-state index contributed by atoms with van der Waals surface area (Å²) in [6.45, 7) is 4.47. The zero-order valence-electron chi connectivity index (χ0n) is 12.2. The number of carbonyl (C=O) groups is 2. The molecule has 5 heteroatoms. The number of hydrogen-bond donors (Lipinski definition) is 1. The van der Waals surface area contributed by atoms with E-state index in [0.29, 0.717) is 26.2 Å². The molecule has 0 aromatic heterocycles. The monoisotopic (exact) mass is 288 g/mol. The predicted molar refractivity (Wildman–Crippen MR) is 77.3 cm³/mol. The Hall–Kier alpha value is -1.88. The standard InChI is InChI=1S/C16H20N2O3/c1-2-21-15(20)16-10-17-14(19)13(16)9-18(11-16)8-12-6-4-3-5-7-12/h3-7,13H,2,8-11H2,1H3,(H,17,19)/t13-,16+/m0/s1. The van der Waals surface area contributed by atoms with Crippen molar-refractivity contribution in [1.29, 1.82) is 0 Å². The van der Waals surface area contributed by atoms with Crippen molar-refractivity contribution >= 4 is 11.9 Å². The number of nitrogens with one attached hydrogen (secondary N) is 1. The molecule has 1 aromatic carbocycles. The van der Waals surface area contributed by atoms with Crippen molar-refractivity contribution in [3.05, 3.63) is 35.9 Å². The number of amides is 1. The highest BCUT2D eigenvalue weighted by molar-refractivity contribution is 5.93. The van der Waals surface area contributed by atoms with Gasteiger partial charge >= 0.3 is 5.97 Å². The third-order valence-electron chi connectivity index (χ3n) is 4.44. The van der Waals surface area contributed by atoms with Crippen LogP contribution < -0.4 is 5.32 Å². The molecule has 3 rings (SSSR count). The van der Waals surface area contributed by atoms with E-state index < -0.39 is 5.41 Å². The van der Waals surface area contributed by atoms with Crippen LogP contribution in [0.4, 0.5) is 0 Å². The van der Waals surface area contributed by atoms with Gasteiger partial charge in [0.05, 0.1) is 12.5 Å². The van der Waals surface area contributed by atoms with Crippen molar-refractivity contribution in [2.75, 3.05) is 26.2 Å². The normalized spacial score (nSPS) is 28.2. The second kappa shape index (κ2) is 5.48. The fourth-order valence-corrected chi connectivity index (χ4v) is 3.40. The molecule has 0 spiro atoms. The summed E-state index contributed by atoms with van der Waals surface area (Å²) < 4.78 is 5.22. The smallest absolute Gasteiger partial charge is 0.316 e. The predicted octanol–water partition coefficient (Wildman–Crippen LogP) is 0.798. The molecule has 2 atom stereocenters. The summed E-state index contributed by atoms with van der Waals surface area (Å²) in [4.78, 5) is 26.5. The molecule has 0 aliphatic carbocycles. The summed E-state index contributed by atoms with van der Waals surface area (Å²) in [7, 11) is 0. The van der Waals surface area contributed by atoms with E-state index >= 15 is 0 Å². The second-order valence-electron chi connectivity index (χ2n) is 5.80. The number of esters is 1. The largest absolute Gasteiger partial charge is 0.465 e. The fourth-order valence-electron chi connectivity index (χ4n) is 3.40. The Bertz CT molecular complexity index is 546. The van der Waals surface area contributed by atoms with Gasteiger partial charge in [0.2, 0.25) is 5.91 Å². The van der Waals surface area contributed by atoms with Crippen LogP contribution in [-0.2, 0) is 20.9 Å². The van der Waals surface area contributed by atoms with Gasteiger partial charge in [0, 0.05) is 26.2 Å². The van der Waals surface area contributed by atoms with Crippen LogP contribution in [0.2, 0.25) is 0 Å². The van der Waals surface area contributed by atoms with Gasteiger partial charge in [-0.05, 0) is 12.5 Å². The lowest BCUT2D eigenvalue weighted by Crippen LogP contribution is -2.41. The lowest BCUT2D eigenvalue weighted by Gasteiger charge is -2.24. The maximum absolute atomic E-state index is 12.4. The lowest BCUT2D eigenvalue weighted by atomic mass is 9.81. The van der Waals surface area contributed by atoms with Crippen LogP contribution in [0.25, 0.3) is 0 Å². The first kappa shape index (κ1) is 14.1. The molecule has 2 aliphatic heterocycles. The van der Waals surface area contributed by atoms with Crippen LogP contribution in [0, 0.1) is 11.3 Å². The molecule has 2 fully saturated rings. The highest BCUT2D eigenvalue weighted by Gasteiger charge is 2.59. The minimum atomic E-state index is -0.706. The van der Waals surface area contributed by atoms with Gasteiger partial charge in [0.1, 0.15) is 5.41 Å². The van der Waals surface area contributed by atoms with E-state index in [1.165, 1.54) is 5.56 Å². The Balaban J connectivity index is 1.77. The van der Waals surface area contributed by atoms with Crippen molar-refractivity contribution in [1.82, 2.24) is 10.2 Å². The van der Waals surface area contributed by atoms with Crippen LogP contribution >= 0.6 is 0 Å². The molecule has 2 heterocycles. The number of rotatable bonds is 4. The van der Waals surface area contributed by atoms with Crippen LogP contribution in [0.1, 0.15) is 12.5 Å². The van der Waals surface area contributed by atoms with Crippen LogP contribution in [-0.4, -0.2) is 43.0 Å². The zero-order valence-corrected chi connectivity index (χ0v) is 12.2. The fraction of sp³-hybridized carbons (Fsp3) is 0.500. The minimum Gasteiger partial charge on any atom is -0.465 e. The van der Waals surface area contributed by atoms with Gasteiger partial charge in [-0.15, -0.1) is 0 Å². The maximum Gasteiger partial charge on any atom is 0.316 e. The molecule has 0 bridgehead atoms. The average molecular weight is 288 g/mol. The van der Waals surface area contributed by atoms with E-state index in [2.05, 4.69) is 22.3 Å². The van der Waals surface area contributed by atoms with Gasteiger partial charge in [-0.1, -0.05) is 30.3 Å². The number of hydrogen-bond acceptors (Lipinski definition) is 4.